The summed E-state index contributed by atoms with van der Waals surface area (Å²) in [7, 11) is 1.63. The number of pyridine rings is 1. The van der Waals surface area contributed by atoms with E-state index in [4.69, 9.17) is 14.2 Å². The number of aromatic nitrogens is 1. The van der Waals surface area contributed by atoms with Gasteiger partial charge in [-0.2, -0.15) is 0 Å². The molecule has 58 heavy (non-hydrogen) atoms. The van der Waals surface area contributed by atoms with Gasteiger partial charge in [0.05, 0.1) is 24.8 Å². The Labute approximate surface area is 337 Å². The van der Waals surface area contributed by atoms with Gasteiger partial charge in [-0.3, -0.25) is 9.69 Å². The highest BCUT2D eigenvalue weighted by atomic mass is 16.6. The number of fused-ring (bicyclic) bond motifs is 4. The molecule has 6 aromatic rings. The zero-order chi connectivity index (χ0) is 40.0. The number of aliphatic hydroxyl groups excluding tert-OH is 1. The van der Waals surface area contributed by atoms with Crippen molar-refractivity contribution in [2.45, 2.75) is 44.2 Å². The molecule has 3 aliphatic rings. The van der Waals surface area contributed by atoms with Crippen molar-refractivity contribution in [2.24, 2.45) is 5.92 Å². The Morgan fingerprint density at radius 3 is 2.41 bits per heavy atom. The van der Waals surface area contributed by atoms with Crippen LogP contribution in [0, 0.1) is 5.92 Å². The van der Waals surface area contributed by atoms with E-state index < -0.39 is 18.2 Å². The topological polar surface area (TPSA) is 145 Å². The normalized spacial score (nSPS) is 18.3. The molecule has 2 bridgehead atoms. The predicted molar refractivity (Wildman–Crippen MR) is 223 cm³/mol. The number of rotatable bonds is 14. The zero-order valence-electron chi connectivity index (χ0n) is 32.4. The molecule has 0 saturated carbocycles. The van der Waals surface area contributed by atoms with E-state index in [1.165, 1.54) is 12.1 Å². The number of hydrogen-bond donors (Lipinski definition) is 5. The van der Waals surface area contributed by atoms with E-state index in [0.717, 1.165) is 71.6 Å². The molecule has 298 valence electrons. The van der Waals surface area contributed by atoms with E-state index in [1.54, 1.807) is 19.2 Å². The van der Waals surface area contributed by atoms with Gasteiger partial charge in [0.2, 0.25) is 5.56 Å². The van der Waals surface area contributed by atoms with Gasteiger partial charge in [-0.05, 0) is 102 Å². The number of phenols is 1. The molecule has 0 radical (unpaired) electrons. The summed E-state index contributed by atoms with van der Waals surface area (Å²) < 4.78 is 17.9. The summed E-state index contributed by atoms with van der Waals surface area (Å²) in [6.07, 6.45) is 0.781. The molecule has 5 aromatic carbocycles. The number of alkyl carbamates (subject to hydrolysis) is 1. The number of phenolic OH excluding ortho intramolecular Hbond substituents is 1. The van der Waals surface area contributed by atoms with Crippen molar-refractivity contribution < 1.29 is 29.2 Å². The number of methoxy groups -OCH3 is 1. The Balaban J connectivity index is 0.896. The van der Waals surface area contributed by atoms with Crippen LogP contribution in [0.15, 0.2) is 126 Å². The summed E-state index contributed by atoms with van der Waals surface area (Å²) in [6, 6.07) is 37.7. The highest BCUT2D eigenvalue weighted by Gasteiger charge is 2.37. The number of aromatic hydroxyl groups is 1. The Morgan fingerprint density at radius 2 is 1.66 bits per heavy atom. The van der Waals surface area contributed by atoms with Crippen molar-refractivity contribution in [1.29, 1.82) is 0 Å². The molecule has 11 nitrogen and oxygen atoms in total. The van der Waals surface area contributed by atoms with Crippen molar-refractivity contribution in [2.75, 3.05) is 33.3 Å². The maximum atomic E-state index is 13.3. The van der Waals surface area contributed by atoms with Gasteiger partial charge in [0.1, 0.15) is 30.0 Å². The summed E-state index contributed by atoms with van der Waals surface area (Å²) in [5.41, 5.74) is 6.39. The lowest BCUT2D eigenvalue weighted by molar-refractivity contribution is -0.0336. The number of carbonyl (C=O) groups is 1. The van der Waals surface area contributed by atoms with E-state index >= 15 is 0 Å². The van der Waals surface area contributed by atoms with E-state index in [1.807, 2.05) is 78.9 Å². The number of hydrogen-bond acceptors (Lipinski definition) is 9. The number of nitrogens with zero attached hydrogens (tertiary/aromatic N) is 1. The fourth-order valence-electron chi connectivity index (χ4n) is 8.18. The van der Waals surface area contributed by atoms with E-state index in [9.17, 15) is 19.8 Å². The first-order valence-corrected chi connectivity index (χ1v) is 19.8. The number of amides is 1. The number of ether oxygens (including phenoxy) is 3. The summed E-state index contributed by atoms with van der Waals surface area (Å²) in [4.78, 5) is 30.1. The fourth-order valence-corrected chi connectivity index (χ4v) is 8.18. The SMILES string of the molecule is COc1ccc(-c2ccc(COc3cccc([C@@H](NC(=O)OC4CN5CCC4CC5)c4ccccc4)c3)cc2)cc1CNCC(O)c1ccc(O)c2[nH]c(=O)ccc12. The number of aliphatic hydroxyl groups is 1. The summed E-state index contributed by atoms with van der Waals surface area (Å²) in [6.45, 7) is 4.01. The van der Waals surface area contributed by atoms with Crippen LogP contribution in [-0.4, -0.2) is 65.6 Å². The van der Waals surface area contributed by atoms with Crippen molar-refractivity contribution in [3.8, 4) is 28.4 Å². The number of benzene rings is 5. The Kier molecular flexibility index (Phi) is 11.7. The molecule has 5 N–H and O–H groups in total. The average Bonchev–Trinajstić information content (AvgIpc) is 3.26. The molecule has 9 rings (SSSR count). The van der Waals surface area contributed by atoms with Crippen molar-refractivity contribution in [1.82, 2.24) is 20.5 Å². The Bertz CT molecular complexity index is 2410. The molecule has 1 aromatic heterocycles. The summed E-state index contributed by atoms with van der Waals surface area (Å²) in [5.74, 6) is 1.80. The van der Waals surface area contributed by atoms with Crippen LogP contribution in [0.5, 0.6) is 17.2 Å². The van der Waals surface area contributed by atoms with Gasteiger partial charge in [-0.1, -0.05) is 78.9 Å². The van der Waals surface area contributed by atoms with Crippen LogP contribution in [-0.2, 0) is 17.9 Å². The molecule has 0 spiro atoms. The predicted octanol–water partition coefficient (Wildman–Crippen LogP) is 7.22. The third kappa shape index (κ3) is 8.87. The third-order valence-corrected chi connectivity index (χ3v) is 11.3. The second-order valence-corrected chi connectivity index (χ2v) is 15.1. The van der Waals surface area contributed by atoms with Crippen LogP contribution in [0.4, 0.5) is 4.79 Å². The number of piperidine rings is 3. The molecule has 3 atom stereocenters. The molecule has 1 amide bonds. The first-order valence-electron chi connectivity index (χ1n) is 19.8. The lowest BCUT2D eigenvalue weighted by atomic mass is 9.86. The van der Waals surface area contributed by atoms with Crippen LogP contribution in [0.1, 0.15) is 52.8 Å². The minimum absolute atomic E-state index is 0.0509. The van der Waals surface area contributed by atoms with Gasteiger partial charge in [0.25, 0.3) is 0 Å². The number of carbonyl (C=O) groups excluding carboxylic acids is 1. The second kappa shape index (κ2) is 17.6. The van der Waals surface area contributed by atoms with Crippen LogP contribution in [0.3, 0.4) is 0 Å². The van der Waals surface area contributed by atoms with Gasteiger partial charge in [0.15, 0.2) is 0 Å². The fraction of sp³-hybridized carbons (Fsp3) is 0.277. The van der Waals surface area contributed by atoms with Crippen LogP contribution in [0.25, 0.3) is 22.0 Å². The largest absolute Gasteiger partial charge is 0.506 e. The monoisotopic (exact) mass is 780 g/mol. The third-order valence-electron chi connectivity index (χ3n) is 11.3. The molecule has 4 heterocycles. The lowest BCUT2D eigenvalue weighted by Crippen LogP contribution is -2.52. The lowest BCUT2D eigenvalue weighted by Gasteiger charge is -2.43. The maximum Gasteiger partial charge on any atom is 0.408 e. The molecule has 3 saturated heterocycles. The second-order valence-electron chi connectivity index (χ2n) is 15.1. The summed E-state index contributed by atoms with van der Waals surface area (Å²) in [5, 5.41) is 28.3. The number of nitrogens with one attached hydrogen (secondary N) is 3. The quantitative estimate of drug-likeness (QED) is 0.0774. The Morgan fingerprint density at radius 1 is 0.879 bits per heavy atom. The highest BCUT2D eigenvalue weighted by Crippen LogP contribution is 2.32. The van der Waals surface area contributed by atoms with Gasteiger partial charge in [0, 0.05) is 36.7 Å². The molecule has 3 aliphatic heterocycles. The molecule has 0 aliphatic carbocycles. The van der Waals surface area contributed by atoms with E-state index in [2.05, 4.69) is 38.7 Å². The van der Waals surface area contributed by atoms with Gasteiger partial charge < -0.3 is 40.0 Å². The van der Waals surface area contributed by atoms with Crippen LogP contribution >= 0.6 is 0 Å². The average molecular weight is 781 g/mol. The number of H-pyrrole nitrogens is 1. The van der Waals surface area contributed by atoms with Crippen LogP contribution in [0.2, 0.25) is 0 Å². The molecule has 11 heteroatoms. The molecular formula is C47H48N4O7. The van der Waals surface area contributed by atoms with Crippen LogP contribution < -0.4 is 25.7 Å². The Hall–Kier alpha value is -6.14. The van der Waals surface area contributed by atoms with Gasteiger partial charge in [-0.15, -0.1) is 0 Å². The minimum Gasteiger partial charge on any atom is -0.506 e. The number of aromatic amines is 1. The molecular weight excluding hydrogens is 733 g/mol. The highest BCUT2D eigenvalue weighted by molar-refractivity contribution is 5.87. The molecule has 3 fully saturated rings. The maximum absolute atomic E-state index is 13.3. The van der Waals surface area contributed by atoms with Crippen molar-refractivity contribution in [3.63, 3.8) is 0 Å². The summed E-state index contributed by atoms with van der Waals surface area (Å²) >= 11 is 0. The first-order chi connectivity index (χ1) is 28.3. The van der Waals surface area contributed by atoms with Crippen molar-refractivity contribution >= 4 is 17.0 Å². The standard InChI is InChI=1S/C47H48N4O7/c1-56-42-18-14-34(24-36(42)26-48-27-41(53)38-15-17-40(52)46-39(38)16-19-44(54)49-46)31-12-10-30(11-13-31)29-57-37-9-5-8-35(25-37)45(33-6-3-2-4-7-33)50-47(55)58-43-28-51-22-20-32(43)21-23-51/h2-19,24-25,32,41,43,45,48,52-53H,20-23,26-29H2,1H3,(H,49,54)(H,50,55)/t41?,43?,45-/m0/s1. The first kappa shape index (κ1) is 38.7. The van der Waals surface area contributed by atoms with Crippen molar-refractivity contribution in [3.05, 3.63) is 159 Å². The zero-order valence-corrected chi connectivity index (χ0v) is 32.4. The van der Waals surface area contributed by atoms with E-state index in [-0.39, 0.29) is 24.0 Å². The molecule has 2 unspecified atom stereocenters. The van der Waals surface area contributed by atoms with Gasteiger partial charge in [-0.25, -0.2) is 4.79 Å². The van der Waals surface area contributed by atoms with Gasteiger partial charge >= 0.3 is 6.09 Å². The smallest absolute Gasteiger partial charge is 0.408 e. The van der Waals surface area contributed by atoms with E-state index in [0.29, 0.717) is 41.3 Å². The minimum atomic E-state index is -0.883.